The molecule has 3 heterocycles. The number of ether oxygens (including phenoxy) is 2. The minimum atomic E-state index is -4.70. The van der Waals surface area contributed by atoms with Gasteiger partial charge in [-0.05, 0) is 43.5 Å². The quantitative estimate of drug-likeness (QED) is 0.294. The molecule has 0 unspecified atom stereocenters. The van der Waals surface area contributed by atoms with E-state index in [-0.39, 0.29) is 40.7 Å². The number of Topliss-reactive ketones (excluding diaryl/α,β-unsaturated/α-hetero) is 1. The van der Waals surface area contributed by atoms with Crippen molar-refractivity contribution in [3.8, 4) is 22.9 Å². The Labute approximate surface area is 205 Å². The Hall–Kier alpha value is -3.82. The summed E-state index contributed by atoms with van der Waals surface area (Å²) in [6.45, 7) is 4.87. The predicted octanol–water partition coefficient (Wildman–Crippen LogP) is 6.01. The predicted molar refractivity (Wildman–Crippen MR) is 127 cm³/mol. The monoisotopic (exact) mass is 501 g/mol. The summed E-state index contributed by atoms with van der Waals surface area (Å²) in [6, 6.07) is 9.80. The number of hydrogen-bond acceptors (Lipinski definition) is 6. The molecule has 0 spiro atoms. The molecule has 0 aliphatic heterocycles. The van der Waals surface area contributed by atoms with E-state index in [0.29, 0.717) is 22.8 Å². The zero-order valence-corrected chi connectivity index (χ0v) is 20.6. The lowest BCUT2D eigenvalue weighted by Gasteiger charge is -2.14. The molecule has 4 rings (SSSR count). The second kappa shape index (κ2) is 9.67. The highest BCUT2D eigenvalue weighted by molar-refractivity contribution is 5.95. The average Bonchev–Trinajstić information content (AvgIpc) is 3.34. The Balaban J connectivity index is 1.59. The lowest BCUT2D eigenvalue weighted by Crippen LogP contribution is -2.15. The number of rotatable bonds is 8. The minimum absolute atomic E-state index is 0.00729. The number of nitrogens with zero attached hydrogens (tertiary/aromatic N) is 3. The fourth-order valence-corrected chi connectivity index (χ4v) is 4.18. The number of carbonyl (C=O) groups excluding carboxylic acids is 1. The van der Waals surface area contributed by atoms with Gasteiger partial charge in [0.05, 0.1) is 18.1 Å². The van der Waals surface area contributed by atoms with E-state index in [1.807, 2.05) is 19.1 Å². The molecule has 0 radical (unpaired) electrons. The zero-order valence-electron chi connectivity index (χ0n) is 20.6. The molecular formula is C26H26F3N3O4. The summed E-state index contributed by atoms with van der Waals surface area (Å²) in [5.74, 6) is 1.06. The fourth-order valence-electron chi connectivity index (χ4n) is 4.18. The number of benzene rings is 1. The maximum absolute atomic E-state index is 14.1. The minimum Gasteiger partial charge on any atom is -0.497 e. The molecule has 1 aromatic carbocycles. The van der Waals surface area contributed by atoms with E-state index in [1.54, 1.807) is 39.2 Å². The van der Waals surface area contributed by atoms with E-state index >= 15 is 0 Å². The molecule has 0 saturated heterocycles. The Morgan fingerprint density at radius 2 is 1.86 bits per heavy atom. The van der Waals surface area contributed by atoms with Crippen LogP contribution in [-0.2, 0) is 18.0 Å². The number of ketones is 1. The van der Waals surface area contributed by atoms with Gasteiger partial charge in [-0.15, -0.1) is 0 Å². The van der Waals surface area contributed by atoms with Crippen LogP contribution < -0.4 is 9.47 Å². The lowest BCUT2D eigenvalue weighted by molar-refractivity contribution is -0.136. The molecule has 0 aliphatic carbocycles. The first kappa shape index (κ1) is 25.3. The van der Waals surface area contributed by atoms with Crippen molar-refractivity contribution in [1.82, 2.24) is 14.8 Å². The van der Waals surface area contributed by atoms with Crippen LogP contribution in [0.5, 0.6) is 11.6 Å². The zero-order chi connectivity index (χ0) is 26.2. The molecule has 0 amide bonds. The van der Waals surface area contributed by atoms with Gasteiger partial charge in [0.2, 0.25) is 5.88 Å². The van der Waals surface area contributed by atoms with Crippen LogP contribution in [0, 0.1) is 13.8 Å². The molecule has 0 N–H and O–H groups in total. The highest BCUT2D eigenvalue weighted by Gasteiger charge is 2.37. The van der Waals surface area contributed by atoms with Crippen molar-refractivity contribution >= 4 is 16.8 Å². The molecule has 0 fully saturated rings. The summed E-state index contributed by atoms with van der Waals surface area (Å²) in [4.78, 5) is 16.8. The maximum Gasteiger partial charge on any atom is 0.417 e. The number of fused-ring (bicyclic) bond motifs is 1. The lowest BCUT2D eigenvalue weighted by atomic mass is 9.96. The van der Waals surface area contributed by atoms with Gasteiger partial charge in [-0.2, -0.15) is 23.3 Å². The first-order chi connectivity index (χ1) is 17.0. The van der Waals surface area contributed by atoms with Gasteiger partial charge in [0.25, 0.3) is 0 Å². The van der Waals surface area contributed by atoms with Gasteiger partial charge in [0, 0.05) is 25.1 Å². The number of halogens is 3. The summed E-state index contributed by atoms with van der Waals surface area (Å²) in [6.07, 6.45) is -4.54. The summed E-state index contributed by atoms with van der Waals surface area (Å²) in [7, 11) is 3.08. The third kappa shape index (κ3) is 5.07. The van der Waals surface area contributed by atoms with E-state index in [4.69, 9.17) is 13.9 Å². The SMILES string of the molecule is COc1ccc([C@H](C)CC(=O)COc2cc(C(F)(F)F)c3c(-c4cc(C)oc4C)nn(C)c3n2)cc1. The van der Waals surface area contributed by atoms with Gasteiger partial charge >= 0.3 is 6.18 Å². The van der Waals surface area contributed by atoms with Crippen LogP contribution in [0.4, 0.5) is 13.2 Å². The first-order valence-corrected chi connectivity index (χ1v) is 11.3. The van der Waals surface area contributed by atoms with Gasteiger partial charge < -0.3 is 13.9 Å². The topological polar surface area (TPSA) is 79.4 Å². The molecule has 3 aromatic heterocycles. The van der Waals surface area contributed by atoms with Gasteiger partial charge in [-0.3, -0.25) is 4.79 Å². The Morgan fingerprint density at radius 3 is 2.44 bits per heavy atom. The molecular weight excluding hydrogens is 475 g/mol. The number of hydrogen-bond donors (Lipinski definition) is 0. The van der Waals surface area contributed by atoms with Crippen LogP contribution in [0.2, 0.25) is 0 Å². The van der Waals surface area contributed by atoms with Gasteiger partial charge in [-0.1, -0.05) is 19.1 Å². The number of aryl methyl sites for hydroxylation is 3. The van der Waals surface area contributed by atoms with Crippen molar-refractivity contribution in [2.24, 2.45) is 7.05 Å². The first-order valence-electron chi connectivity index (χ1n) is 11.3. The van der Waals surface area contributed by atoms with Gasteiger partial charge in [-0.25, -0.2) is 4.68 Å². The highest BCUT2D eigenvalue weighted by Crippen LogP contribution is 2.41. The molecule has 190 valence electrons. The van der Waals surface area contributed by atoms with Crippen LogP contribution >= 0.6 is 0 Å². The molecule has 7 nitrogen and oxygen atoms in total. The van der Waals surface area contributed by atoms with Crippen LogP contribution in [0.15, 0.2) is 40.8 Å². The number of aromatic nitrogens is 3. The molecule has 36 heavy (non-hydrogen) atoms. The van der Waals surface area contributed by atoms with Crippen molar-refractivity contribution in [2.75, 3.05) is 13.7 Å². The van der Waals surface area contributed by atoms with Crippen molar-refractivity contribution in [3.63, 3.8) is 0 Å². The van der Waals surface area contributed by atoms with Crippen molar-refractivity contribution in [3.05, 3.63) is 59.0 Å². The van der Waals surface area contributed by atoms with Gasteiger partial charge in [0.15, 0.2) is 11.4 Å². The maximum atomic E-state index is 14.1. The summed E-state index contributed by atoms with van der Waals surface area (Å²) in [5, 5.41) is 4.14. The molecule has 0 bridgehead atoms. The van der Waals surface area contributed by atoms with Crippen LogP contribution in [-0.4, -0.2) is 34.3 Å². The van der Waals surface area contributed by atoms with Crippen molar-refractivity contribution < 1.29 is 31.9 Å². The normalized spacial score (nSPS) is 12.7. The third-order valence-corrected chi connectivity index (χ3v) is 5.97. The van der Waals surface area contributed by atoms with E-state index in [1.165, 1.54) is 11.7 Å². The van der Waals surface area contributed by atoms with E-state index in [9.17, 15) is 18.0 Å². The largest absolute Gasteiger partial charge is 0.497 e. The number of methoxy groups -OCH3 is 1. The molecule has 4 aromatic rings. The van der Waals surface area contributed by atoms with E-state index in [0.717, 1.165) is 11.6 Å². The van der Waals surface area contributed by atoms with Crippen molar-refractivity contribution in [2.45, 2.75) is 39.3 Å². The molecule has 1 atom stereocenters. The number of furan rings is 1. The summed E-state index contributed by atoms with van der Waals surface area (Å²) >= 11 is 0. The fraction of sp³-hybridized carbons (Fsp3) is 0.346. The third-order valence-electron chi connectivity index (χ3n) is 5.97. The van der Waals surface area contributed by atoms with Crippen LogP contribution in [0.1, 0.15) is 41.9 Å². The van der Waals surface area contributed by atoms with Gasteiger partial charge in [0.1, 0.15) is 29.6 Å². The number of alkyl halides is 3. The second-order valence-corrected chi connectivity index (χ2v) is 8.71. The highest BCUT2D eigenvalue weighted by atomic mass is 19.4. The number of carbonyl (C=O) groups is 1. The van der Waals surface area contributed by atoms with E-state index in [2.05, 4.69) is 10.1 Å². The smallest absolute Gasteiger partial charge is 0.417 e. The Kier molecular flexibility index (Phi) is 6.79. The molecule has 0 aliphatic rings. The van der Waals surface area contributed by atoms with Crippen LogP contribution in [0.3, 0.4) is 0 Å². The molecule has 10 heteroatoms. The van der Waals surface area contributed by atoms with Crippen molar-refractivity contribution in [1.29, 1.82) is 0 Å². The average molecular weight is 502 g/mol. The van der Waals surface area contributed by atoms with E-state index < -0.39 is 18.3 Å². The summed E-state index contributed by atoms with van der Waals surface area (Å²) in [5.41, 5.74) is 0.574. The number of pyridine rings is 1. The molecule has 0 saturated carbocycles. The Bertz CT molecular complexity index is 1400. The second-order valence-electron chi connectivity index (χ2n) is 8.71. The Morgan fingerprint density at radius 1 is 1.17 bits per heavy atom. The standard InChI is InChI=1S/C26H26F3N3O4/c1-14(17-6-8-19(34-5)9-7-17)10-18(33)13-35-22-12-21(26(27,28)29)23-24(31-32(4)25(23)30-22)20-11-15(2)36-16(20)3/h6-9,11-12,14H,10,13H2,1-5H3/t14-/m1/s1. The summed E-state index contributed by atoms with van der Waals surface area (Å²) < 4.78 is 59.6. The van der Waals surface area contributed by atoms with Crippen LogP contribution in [0.25, 0.3) is 22.3 Å².